The zero-order chi connectivity index (χ0) is 15.3. The molecule has 2 aliphatic rings. The summed E-state index contributed by atoms with van der Waals surface area (Å²) in [7, 11) is 1.80. The van der Waals surface area contributed by atoms with E-state index >= 15 is 0 Å². The van der Waals surface area contributed by atoms with Crippen LogP contribution < -0.4 is 10.6 Å². The zero-order valence-electron chi connectivity index (χ0n) is 13.7. The van der Waals surface area contributed by atoms with Crippen molar-refractivity contribution in [3.63, 3.8) is 0 Å². The van der Waals surface area contributed by atoms with E-state index < -0.39 is 0 Å². The lowest BCUT2D eigenvalue weighted by Gasteiger charge is -2.33. The predicted molar refractivity (Wildman–Crippen MR) is 86.3 cm³/mol. The first-order chi connectivity index (χ1) is 10.0. The van der Waals surface area contributed by atoms with E-state index in [0.717, 1.165) is 19.0 Å². The normalized spacial score (nSPS) is 21.9. The van der Waals surface area contributed by atoms with Gasteiger partial charge in [-0.25, -0.2) is 0 Å². The van der Waals surface area contributed by atoms with E-state index in [-0.39, 0.29) is 11.9 Å². The highest BCUT2D eigenvalue weighted by atomic mass is 16.2. The molecule has 0 aromatic rings. The number of nitrogens with one attached hydrogen (secondary N) is 2. The second-order valence-electron chi connectivity index (χ2n) is 6.86. The van der Waals surface area contributed by atoms with Gasteiger partial charge in [0.2, 0.25) is 5.91 Å². The van der Waals surface area contributed by atoms with Gasteiger partial charge < -0.3 is 15.5 Å². The smallest absolute Gasteiger partial charge is 0.239 e. The molecule has 0 atom stereocenters. The molecule has 5 heteroatoms. The molecule has 0 aromatic carbocycles. The topological polar surface area (TPSA) is 56.7 Å². The van der Waals surface area contributed by atoms with Crippen molar-refractivity contribution in [2.45, 2.75) is 58.4 Å². The molecule has 1 aliphatic carbocycles. The third kappa shape index (κ3) is 4.35. The summed E-state index contributed by atoms with van der Waals surface area (Å²) in [5.74, 6) is 0.897. The Labute approximate surface area is 128 Å². The molecule has 120 valence electrons. The average Bonchev–Trinajstić information content (AvgIpc) is 2.83. The van der Waals surface area contributed by atoms with E-state index in [1.807, 2.05) is 13.8 Å². The molecule has 1 saturated carbocycles. The highest BCUT2D eigenvalue weighted by Crippen LogP contribution is 2.43. The fourth-order valence-electron chi connectivity index (χ4n) is 3.69. The molecule has 1 aliphatic heterocycles. The Morgan fingerprint density at radius 1 is 1.24 bits per heavy atom. The lowest BCUT2D eigenvalue weighted by Crippen LogP contribution is -2.46. The van der Waals surface area contributed by atoms with E-state index in [2.05, 4.69) is 20.5 Å². The second-order valence-corrected chi connectivity index (χ2v) is 6.86. The number of hydrogen-bond acceptors (Lipinski definition) is 2. The first-order valence-electron chi connectivity index (χ1n) is 8.30. The third-order valence-electron chi connectivity index (χ3n) is 4.72. The van der Waals surface area contributed by atoms with Crippen LogP contribution >= 0.6 is 0 Å². The Hall–Kier alpha value is -1.26. The number of aliphatic imine (C=N–C) groups is 1. The summed E-state index contributed by atoms with van der Waals surface area (Å²) < 4.78 is 0. The summed E-state index contributed by atoms with van der Waals surface area (Å²) in [6.45, 7) is 6.40. The summed E-state index contributed by atoms with van der Waals surface area (Å²) in [5, 5.41) is 6.10. The van der Waals surface area contributed by atoms with Crippen LogP contribution in [0.15, 0.2) is 4.99 Å². The quantitative estimate of drug-likeness (QED) is 0.616. The molecule has 2 fully saturated rings. The molecule has 1 amide bonds. The maximum absolute atomic E-state index is 11.7. The SMILES string of the molecule is CN=C(NCC(=O)NC(C)C)N1CCC2(CCCCC2)C1. The van der Waals surface area contributed by atoms with Gasteiger partial charge in [0.1, 0.15) is 0 Å². The minimum Gasteiger partial charge on any atom is -0.352 e. The molecule has 2 rings (SSSR count). The Bertz CT molecular complexity index is 386. The van der Waals surface area contributed by atoms with Gasteiger partial charge in [-0.05, 0) is 38.5 Å². The van der Waals surface area contributed by atoms with Crippen LogP contribution in [-0.2, 0) is 4.79 Å². The van der Waals surface area contributed by atoms with Crippen molar-refractivity contribution in [1.29, 1.82) is 0 Å². The number of carbonyl (C=O) groups excluding carboxylic acids is 1. The largest absolute Gasteiger partial charge is 0.352 e. The third-order valence-corrected chi connectivity index (χ3v) is 4.72. The van der Waals surface area contributed by atoms with Crippen molar-refractivity contribution in [3.05, 3.63) is 0 Å². The van der Waals surface area contributed by atoms with Crippen LogP contribution in [0.5, 0.6) is 0 Å². The zero-order valence-corrected chi connectivity index (χ0v) is 13.7. The Balaban J connectivity index is 1.83. The van der Waals surface area contributed by atoms with Gasteiger partial charge in [0, 0.05) is 26.2 Å². The molecule has 0 radical (unpaired) electrons. The fraction of sp³-hybridized carbons (Fsp3) is 0.875. The minimum atomic E-state index is 0.0257. The number of rotatable bonds is 3. The average molecular weight is 294 g/mol. The predicted octanol–water partition coefficient (Wildman–Crippen LogP) is 1.74. The summed E-state index contributed by atoms with van der Waals surface area (Å²) in [4.78, 5) is 18.4. The molecule has 0 aromatic heterocycles. The Kier molecular flexibility index (Phi) is 5.48. The second kappa shape index (κ2) is 7.14. The van der Waals surface area contributed by atoms with E-state index in [9.17, 15) is 4.79 Å². The van der Waals surface area contributed by atoms with Crippen LogP contribution in [-0.4, -0.2) is 49.5 Å². The molecule has 0 unspecified atom stereocenters. The van der Waals surface area contributed by atoms with Gasteiger partial charge >= 0.3 is 0 Å². The van der Waals surface area contributed by atoms with Crippen LogP contribution in [0.25, 0.3) is 0 Å². The van der Waals surface area contributed by atoms with Crippen molar-refractivity contribution in [2.75, 3.05) is 26.7 Å². The lowest BCUT2D eigenvalue weighted by molar-refractivity contribution is -0.120. The number of amides is 1. The van der Waals surface area contributed by atoms with E-state index in [1.54, 1.807) is 7.05 Å². The van der Waals surface area contributed by atoms with Crippen molar-refractivity contribution >= 4 is 11.9 Å². The Morgan fingerprint density at radius 3 is 2.57 bits per heavy atom. The van der Waals surface area contributed by atoms with Crippen LogP contribution in [0, 0.1) is 5.41 Å². The van der Waals surface area contributed by atoms with E-state index in [4.69, 9.17) is 0 Å². The molecule has 2 N–H and O–H groups in total. The van der Waals surface area contributed by atoms with E-state index in [1.165, 1.54) is 38.5 Å². The summed E-state index contributed by atoms with van der Waals surface area (Å²) in [6, 6.07) is 0.179. The summed E-state index contributed by atoms with van der Waals surface area (Å²) in [5.41, 5.74) is 0.510. The van der Waals surface area contributed by atoms with Crippen LogP contribution in [0.3, 0.4) is 0 Å². The number of nitrogens with zero attached hydrogens (tertiary/aromatic N) is 2. The molecular formula is C16H30N4O. The van der Waals surface area contributed by atoms with Gasteiger partial charge in [0.05, 0.1) is 6.54 Å². The monoisotopic (exact) mass is 294 g/mol. The van der Waals surface area contributed by atoms with Crippen molar-refractivity contribution in [1.82, 2.24) is 15.5 Å². The van der Waals surface area contributed by atoms with Gasteiger partial charge in [-0.2, -0.15) is 0 Å². The number of hydrogen-bond donors (Lipinski definition) is 2. The summed E-state index contributed by atoms with van der Waals surface area (Å²) >= 11 is 0. The minimum absolute atomic E-state index is 0.0257. The molecule has 1 heterocycles. The first kappa shape index (κ1) is 16.1. The maximum atomic E-state index is 11.7. The highest BCUT2D eigenvalue weighted by molar-refractivity contribution is 5.86. The number of guanidine groups is 1. The van der Waals surface area contributed by atoms with Crippen molar-refractivity contribution < 1.29 is 4.79 Å². The first-order valence-corrected chi connectivity index (χ1v) is 8.30. The van der Waals surface area contributed by atoms with Crippen LogP contribution in [0.1, 0.15) is 52.4 Å². The lowest BCUT2D eigenvalue weighted by atomic mass is 9.73. The van der Waals surface area contributed by atoms with Gasteiger partial charge in [-0.15, -0.1) is 0 Å². The van der Waals surface area contributed by atoms with E-state index in [0.29, 0.717) is 12.0 Å². The molecule has 1 spiro atoms. The number of carbonyl (C=O) groups is 1. The van der Waals surface area contributed by atoms with Gasteiger partial charge in [0.15, 0.2) is 5.96 Å². The number of likely N-dealkylation sites (tertiary alicyclic amines) is 1. The van der Waals surface area contributed by atoms with Crippen LogP contribution in [0.2, 0.25) is 0 Å². The van der Waals surface area contributed by atoms with Gasteiger partial charge in [0.25, 0.3) is 0 Å². The van der Waals surface area contributed by atoms with Crippen LogP contribution in [0.4, 0.5) is 0 Å². The summed E-state index contributed by atoms with van der Waals surface area (Å²) in [6.07, 6.45) is 8.12. The molecule has 21 heavy (non-hydrogen) atoms. The molecule has 5 nitrogen and oxygen atoms in total. The molecule has 0 bridgehead atoms. The molecule has 1 saturated heterocycles. The molecular weight excluding hydrogens is 264 g/mol. The highest BCUT2D eigenvalue weighted by Gasteiger charge is 2.39. The van der Waals surface area contributed by atoms with Crippen molar-refractivity contribution in [2.24, 2.45) is 10.4 Å². The standard InChI is InChI=1S/C16H30N4O/c1-13(2)19-14(21)11-18-15(17-3)20-10-9-16(12-20)7-5-4-6-8-16/h13H,4-12H2,1-3H3,(H,17,18)(H,19,21). The van der Waals surface area contributed by atoms with Gasteiger partial charge in [-0.3, -0.25) is 9.79 Å². The van der Waals surface area contributed by atoms with Crippen molar-refractivity contribution in [3.8, 4) is 0 Å². The Morgan fingerprint density at radius 2 is 1.95 bits per heavy atom. The maximum Gasteiger partial charge on any atom is 0.239 e. The fourth-order valence-corrected chi connectivity index (χ4v) is 3.69. The van der Waals surface area contributed by atoms with Gasteiger partial charge in [-0.1, -0.05) is 19.3 Å².